The first-order chi connectivity index (χ1) is 6.06. The van der Waals surface area contributed by atoms with Gasteiger partial charge in [-0.3, -0.25) is 9.59 Å². The highest BCUT2D eigenvalue weighted by Gasteiger charge is 2.10. The third-order valence-corrected chi connectivity index (χ3v) is 1.69. The molecule has 1 atom stereocenters. The van der Waals surface area contributed by atoms with Gasteiger partial charge in [0.2, 0.25) is 0 Å². The van der Waals surface area contributed by atoms with Crippen LogP contribution in [0.25, 0.3) is 0 Å². The van der Waals surface area contributed by atoms with E-state index >= 15 is 0 Å². The first kappa shape index (κ1) is 12.1. The summed E-state index contributed by atoms with van der Waals surface area (Å²) in [5, 5.41) is 0. The zero-order valence-electron chi connectivity index (χ0n) is 8.63. The van der Waals surface area contributed by atoms with E-state index in [1.165, 1.54) is 6.92 Å². The molecule has 76 valence electrons. The molecule has 0 radical (unpaired) electrons. The van der Waals surface area contributed by atoms with Crippen LogP contribution < -0.4 is 0 Å². The van der Waals surface area contributed by atoms with Gasteiger partial charge in [-0.1, -0.05) is 13.3 Å². The monoisotopic (exact) mass is 186 g/mol. The summed E-state index contributed by atoms with van der Waals surface area (Å²) >= 11 is 0. The Morgan fingerprint density at radius 2 is 2.00 bits per heavy atom. The number of hydrogen-bond acceptors (Lipinski definition) is 3. The van der Waals surface area contributed by atoms with Crippen molar-refractivity contribution in [3.8, 4) is 0 Å². The summed E-state index contributed by atoms with van der Waals surface area (Å²) in [5.74, 6) is -0.147. The number of esters is 1. The molecule has 0 amide bonds. The van der Waals surface area contributed by atoms with Crippen molar-refractivity contribution >= 4 is 11.8 Å². The Balaban J connectivity index is 3.59. The van der Waals surface area contributed by atoms with Gasteiger partial charge in [-0.25, -0.2) is 0 Å². The fourth-order valence-electron chi connectivity index (χ4n) is 1.12. The molecular formula is C10H18O3. The van der Waals surface area contributed by atoms with Gasteiger partial charge in [0.1, 0.15) is 11.9 Å². The van der Waals surface area contributed by atoms with E-state index in [9.17, 15) is 9.59 Å². The topological polar surface area (TPSA) is 43.4 Å². The lowest BCUT2D eigenvalue weighted by molar-refractivity contribution is -0.146. The number of carbonyl (C=O) groups excluding carboxylic acids is 2. The first-order valence-corrected chi connectivity index (χ1v) is 4.75. The van der Waals surface area contributed by atoms with Gasteiger partial charge in [0.25, 0.3) is 0 Å². The molecule has 0 heterocycles. The molecule has 1 unspecified atom stereocenters. The summed E-state index contributed by atoms with van der Waals surface area (Å²) in [6, 6.07) is 0. The van der Waals surface area contributed by atoms with Gasteiger partial charge in [0, 0.05) is 19.8 Å². The molecule has 0 aromatic carbocycles. The van der Waals surface area contributed by atoms with Crippen LogP contribution in [0.1, 0.15) is 46.5 Å². The van der Waals surface area contributed by atoms with Crippen molar-refractivity contribution < 1.29 is 14.3 Å². The molecule has 0 saturated heterocycles. The number of ketones is 1. The normalized spacial score (nSPS) is 12.2. The molecule has 0 aliphatic carbocycles. The van der Waals surface area contributed by atoms with Crippen LogP contribution >= 0.6 is 0 Å². The van der Waals surface area contributed by atoms with Crippen LogP contribution in [-0.4, -0.2) is 17.9 Å². The van der Waals surface area contributed by atoms with Gasteiger partial charge in [-0.15, -0.1) is 0 Å². The van der Waals surface area contributed by atoms with Crippen LogP contribution in [0.3, 0.4) is 0 Å². The lowest BCUT2D eigenvalue weighted by Crippen LogP contribution is -2.16. The van der Waals surface area contributed by atoms with Crippen LogP contribution in [0, 0.1) is 0 Å². The highest BCUT2D eigenvalue weighted by atomic mass is 16.5. The second kappa shape index (κ2) is 6.63. The largest absolute Gasteiger partial charge is 0.462 e. The van der Waals surface area contributed by atoms with E-state index in [2.05, 4.69) is 0 Å². The van der Waals surface area contributed by atoms with E-state index < -0.39 is 0 Å². The van der Waals surface area contributed by atoms with Crippen molar-refractivity contribution in [2.75, 3.05) is 0 Å². The number of Topliss-reactive ketones (excluding diaryl/α,β-unsaturated/α-hetero) is 1. The Morgan fingerprint density at radius 1 is 1.38 bits per heavy atom. The Kier molecular flexibility index (Phi) is 6.20. The molecule has 0 spiro atoms. The molecule has 0 bridgehead atoms. The molecule has 0 aromatic rings. The molecular weight excluding hydrogens is 168 g/mol. The summed E-state index contributed by atoms with van der Waals surface area (Å²) in [6.45, 7) is 5.14. The minimum absolute atomic E-state index is 0.176. The third-order valence-electron chi connectivity index (χ3n) is 1.69. The smallest absolute Gasteiger partial charge is 0.302 e. The molecule has 0 N–H and O–H groups in total. The average molecular weight is 186 g/mol. The predicted molar refractivity (Wildman–Crippen MR) is 50.4 cm³/mol. The summed E-state index contributed by atoms with van der Waals surface area (Å²) in [4.78, 5) is 21.7. The maximum absolute atomic E-state index is 11.2. The fraction of sp³-hybridized carbons (Fsp3) is 0.800. The van der Waals surface area contributed by atoms with Crippen LogP contribution in [0.5, 0.6) is 0 Å². The van der Waals surface area contributed by atoms with Gasteiger partial charge in [0.15, 0.2) is 0 Å². The van der Waals surface area contributed by atoms with E-state index in [0.717, 1.165) is 12.8 Å². The molecule has 0 rings (SSSR count). The lowest BCUT2D eigenvalue weighted by atomic mass is 10.1. The SMILES string of the molecule is CCCCC(=O)CC(C)OC(C)=O. The Hall–Kier alpha value is -0.860. The molecule has 3 nitrogen and oxygen atoms in total. The third kappa shape index (κ3) is 7.50. The maximum atomic E-state index is 11.2. The van der Waals surface area contributed by atoms with E-state index in [1.807, 2.05) is 6.92 Å². The highest BCUT2D eigenvalue weighted by Crippen LogP contribution is 2.04. The maximum Gasteiger partial charge on any atom is 0.302 e. The molecule has 3 heteroatoms. The van der Waals surface area contributed by atoms with Gasteiger partial charge >= 0.3 is 5.97 Å². The Morgan fingerprint density at radius 3 is 2.46 bits per heavy atom. The van der Waals surface area contributed by atoms with Crippen LogP contribution in [0.2, 0.25) is 0 Å². The highest BCUT2D eigenvalue weighted by molar-refractivity contribution is 5.79. The standard InChI is InChI=1S/C10H18O3/c1-4-5-6-10(12)7-8(2)13-9(3)11/h8H,4-7H2,1-3H3. The van der Waals surface area contributed by atoms with Gasteiger partial charge < -0.3 is 4.74 Å². The van der Waals surface area contributed by atoms with Gasteiger partial charge in [0.05, 0.1) is 0 Å². The van der Waals surface area contributed by atoms with E-state index in [-0.39, 0.29) is 17.9 Å². The van der Waals surface area contributed by atoms with Crippen molar-refractivity contribution in [2.24, 2.45) is 0 Å². The molecule has 13 heavy (non-hydrogen) atoms. The van der Waals surface area contributed by atoms with Crippen LogP contribution in [0.15, 0.2) is 0 Å². The quantitative estimate of drug-likeness (QED) is 0.596. The molecule has 0 aromatic heterocycles. The molecule has 0 saturated carbocycles. The zero-order valence-corrected chi connectivity index (χ0v) is 8.63. The van der Waals surface area contributed by atoms with E-state index in [0.29, 0.717) is 12.8 Å². The predicted octanol–water partition coefficient (Wildman–Crippen LogP) is 2.09. The van der Waals surface area contributed by atoms with Gasteiger partial charge in [-0.2, -0.15) is 0 Å². The Bertz CT molecular complexity index is 175. The van der Waals surface area contributed by atoms with Crippen molar-refractivity contribution in [3.05, 3.63) is 0 Å². The molecule has 0 fully saturated rings. The van der Waals surface area contributed by atoms with E-state index in [1.54, 1.807) is 6.92 Å². The molecule has 0 aliphatic rings. The number of carbonyl (C=O) groups is 2. The number of ether oxygens (including phenoxy) is 1. The average Bonchev–Trinajstić information content (AvgIpc) is 1.98. The first-order valence-electron chi connectivity index (χ1n) is 4.75. The summed E-state index contributed by atoms with van der Waals surface area (Å²) in [7, 11) is 0. The van der Waals surface area contributed by atoms with Crippen LogP contribution in [0.4, 0.5) is 0 Å². The van der Waals surface area contributed by atoms with Crippen molar-refractivity contribution in [2.45, 2.75) is 52.6 Å². The minimum Gasteiger partial charge on any atom is -0.462 e. The van der Waals surface area contributed by atoms with Gasteiger partial charge in [-0.05, 0) is 13.3 Å². The van der Waals surface area contributed by atoms with Crippen LogP contribution in [-0.2, 0) is 14.3 Å². The fourth-order valence-corrected chi connectivity index (χ4v) is 1.12. The molecule has 0 aliphatic heterocycles. The second-order valence-electron chi connectivity index (χ2n) is 3.27. The minimum atomic E-state index is -0.323. The lowest BCUT2D eigenvalue weighted by Gasteiger charge is -2.10. The Labute approximate surface area is 79.5 Å². The number of hydrogen-bond donors (Lipinski definition) is 0. The number of rotatable bonds is 6. The summed E-state index contributed by atoms with van der Waals surface area (Å²) in [6.07, 6.45) is 2.61. The summed E-state index contributed by atoms with van der Waals surface area (Å²) in [5.41, 5.74) is 0. The van der Waals surface area contributed by atoms with Crippen molar-refractivity contribution in [1.29, 1.82) is 0 Å². The van der Waals surface area contributed by atoms with E-state index in [4.69, 9.17) is 4.74 Å². The summed E-state index contributed by atoms with van der Waals surface area (Å²) < 4.78 is 4.84. The zero-order chi connectivity index (χ0) is 10.3. The number of unbranched alkanes of at least 4 members (excludes halogenated alkanes) is 1. The second-order valence-corrected chi connectivity index (χ2v) is 3.27. The van der Waals surface area contributed by atoms with Crippen molar-refractivity contribution in [1.82, 2.24) is 0 Å². The van der Waals surface area contributed by atoms with Crippen molar-refractivity contribution in [3.63, 3.8) is 0 Å².